The molecule has 3 heteroatoms. The summed E-state index contributed by atoms with van der Waals surface area (Å²) in [6.07, 6.45) is 0. The summed E-state index contributed by atoms with van der Waals surface area (Å²) in [6, 6.07) is 8.37. The van der Waals surface area contributed by atoms with Crippen molar-refractivity contribution < 1.29 is 4.74 Å². The number of nitrogens with zero attached hydrogens (tertiary/aromatic N) is 1. The highest BCUT2D eigenvalue weighted by molar-refractivity contribution is 5.30. The van der Waals surface area contributed by atoms with Crippen LogP contribution in [-0.4, -0.2) is 38.7 Å². The molecular formula is C13H20N2O. The molecule has 2 atom stereocenters. The van der Waals surface area contributed by atoms with Gasteiger partial charge in [0.1, 0.15) is 5.75 Å². The molecule has 0 bridgehead atoms. The number of rotatable bonds is 3. The first-order chi connectivity index (χ1) is 7.74. The highest BCUT2D eigenvalue weighted by Gasteiger charge is 2.30. The minimum atomic E-state index is 0.570. The van der Waals surface area contributed by atoms with E-state index in [0.717, 1.165) is 25.4 Å². The SMILES string of the molecule is COc1ccc([C@H]2CN(C)C[C@@H]2CN)cc1. The van der Waals surface area contributed by atoms with Crippen LogP contribution >= 0.6 is 0 Å². The maximum absolute atomic E-state index is 5.83. The van der Waals surface area contributed by atoms with Gasteiger partial charge in [-0.25, -0.2) is 0 Å². The van der Waals surface area contributed by atoms with Crippen molar-refractivity contribution in [3.05, 3.63) is 29.8 Å². The Bertz CT molecular complexity index is 336. The van der Waals surface area contributed by atoms with Gasteiger partial charge < -0.3 is 15.4 Å². The average molecular weight is 220 g/mol. The summed E-state index contributed by atoms with van der Waals surface area (Å²) >= 11 is 0. The third-order valence-electron chi connectivity index (χ3n) is 3.47. The summed E-state index contributed by atoms with van der Waals surface area (Å²) in [5, 5.41) is 0. The third-order valence-corrected chi connectivity index (χ3v) is 3.47. The van der Waals surface area contributed by atoms with E-state index in [1.807, 2.05) is 12.1 Å². The Balaban J connectivity index is 2.16. The molecule has 1 fully saturated rings. The van der Waals surface area contributed by atoms with Gasteiger partial charge in [0.2, 0.25) is 0 Å². The van der Waals surface area contributed by atoms with Gasteiger partial charge in [-0.15, -0.1) is 0 Å². The predicted octanol–water partition coefficient (Wildman–Crippen LogP) is 1.30. The second-order valence-electron chi connectivity index (χ2n) is 4.60. The van der Waals surface area contributed by atoms with E-state index in [-0.39, 0.29) is 0 Å². The van der Waals surface area contributed by atoms with E-state index >= 15 is 0 Å². The molecule has 0 saturated carbocycles. The van der Waals surface area contributed by atoms with Crippen LogP contribution in [-0.2, 0) is 0 Å². The van der Waals surface area contributed by atoms with Crippen LogP contribution in [0, 0.1) is 5.92 Å². The van der Waals surface area contributed by atoms with Crippen molar-refractivity contribution in [2.75, 3.05) is 33.8 Å². The Morgan fingerprint density at radius 1 is 1.31 bits per heavy atom. The fourth-order valence-corrected chi connectivity index (χ4v) is 2.55. The van der Waals surface area contributed by atoms with Crippen molar-refractivity contribution in [2.45, 2.75) is 5.92 Å². The van der Waals surface area contributed by atoms with E-state index in [0.29, 0.717) is 11.8 Å². The van der Waals surface area contributed by atoms with Crippen molar-refractivity contribution in [1.82, 2.24) is 4.90 Å². The van der Waals surface area contributed by atoms with Gasteiger partial charge in [-0.1, -0.05) is 12.1 Å². The van der Waals surface area contributed by atoms with Crippen LogP contribution < -0.4 is 10.5 Å². The third kappa shape index (κ3) is 2.20. The molecule has 1 aliphatic rings. The molecule has 88 valence electrons. The van der Waals surface area contributed by atoms with Crippen LogP contribution in [0.15, 0.2) is 24.3 Å². The lowest BCUT2D eigenvalue weighted by molar-refractivity contribution is 0.397. The summed E-state index contributed by atoms with van der Waals surface area (Å²) in [5.74, 6) is 2.07. The van der Waals surface area contributed by atoms with Crippen LogP contribution in [0.3, 0.4) is 0 Å². The normalized spacial score (nSPS) is 25.9. The first kappa shape index (κ1) is 11.4. The highest BCUT2D eigenvalue weighted by atomic mass is 16.5. The van der Waals surface area contributed by atoms with Gasteiger partial charge >= 0.3 is 0 Å². The molecular weight excluding hydrogens is 200 g/mol. The van der Waals surface area contributed by atoms with Gasteiger partial charge in [0.25, 0.3) is 0 Å². The van der Waals surface area contributed by atoms with Crippen molar-refractivity contribution in [3.8, 4) is 5.75 Å². The van der Waals surface area contributed by atoms with Gasteiger partial charge in [-0.05, 0) is 37.2 Å². The highest BCUT2D eigenvalue weighted by Crippen LogP contribution is 2.31. The summed E-state index contributed by atoms with van der Waals surface area (Å²) in [6.45, 7) is 2.97. The number of likely N-dealkylation sites (tertiary alicyclic amines) is 1. The van der Waals surface area contributed by atoms with Gasteiger partial charge in [-0.3, -0.25) is 0 Å². The molecule has 1 aliphatic heterocycles. The van der Waals surface area contributed by atoms with Crippen molar-refractivity contribution in [1.29, 1.82) is 0 Å². The molecule has 0 spiro atoms. The molecule has 0 aromatic heterocycles. The fourth-order valence-electron chi connectivity index (χ4n) is 2.55. The minimum absolute atomic E-state index is 0.570. The second-order valence-corrected chi connectivity index (χ2v) is 4.60. The maximum atomic E-state index is 5.83. The summed E-state index contributed by atoms with van der Waals surface area (Å²) in [5.41, 5.74) is 7.20. The Hall–Kier alpha value is -1.06. The first-order valence-electron chi connectivity index (χ1n) is 5.77. The molecule has 1 aromatic carbocycles. The van der Waals surface area contributed by atoms with E-state index in [9.17, 15) is 0 Å². The average Bonchev–Trinajstić information content (AvgIpc) is 2.70. The molecule has 0 aliphatic carbocycles. The van der Waals surface area contributed by atoms with Crippen molar-refractivity contribution in [2.24, 2.45) is 11.7 Å². The maximum Gasteiger partial charge on any atom is 0.118 e. The standard InChI is InChI=1S/C13H20N2O/c1-15-8-11(7-14)13(9-15)10-3-5-12(16-2)6-4-10/h3-6,11,13H,7-9,14H2,1-2H3/t11-,13+/m0/s1. The number of hydrogen-bond donors (Lipinski definition) is 1. The van der Waals surface area contributed by atoms with E-state index in [1.54, 1.807) is 7.11 Å². The number of hydrogen-bond acceptors (Lipinski definition) is 3. The largest absolute Gasteiger partial charge is 0.497 e. The van der Waals surface area contributed by atoms with E-state index in [1.165, 1.54) is 5.56 Å². The zero-order valence-electron chi connectivity index (χ0n) is 10.0. The van der Waals surface area contributed by atoms with Crippen molar-refractivity contribution >= 4 is 0 Å². The second kappa shape index (κ2) is 4.85. The zero-order chi connectivity index (χ0) is 11.5. The number of benzene rings is 1. The van der Waals surface area contributed by atoms with Crippen LogP contribution in [0.4, 0.5) is 0 Å². The van der Waals surface area contributed by atoms with E-state index in [4.69, 9.17) is 10.5 Å². The molecule has 0 radical (unpaired) electrons. The predicted molar refractivity (Wildman–Crippen MR) is 65.8 cm³/mol. The topological polar surface area (TPSA) is 38.5 Å². The number of ether oxygens (including phenoxy) is 1. The molecule has 1 saturated heterocycles. The molecule has 0 unspecified atom stereocenters. The zero-order valence-corrected chi connectivity index (χ0v) is 10.0. The summed E-state index contributed by atoms with van der Waals surface area (Å²) in [4.78, 5) is 2.35. The van der Waals surface area contributed by atoms with E-state index in [2.05, 4.69) is 24.1 Å². The molecule has 2 N–H and O–H groups in total. The lowest BCUT2D eigenvalue weighted by Gasteiger charge is -2.17. The van der Waals surface area contributed by atoms with E-state index < -0.39 is 0 Å². The number of methoxy groups -OCH3 is 1. The molecule has 0 amide bonds. The van der Waals surface area contributed by atoms with Crippen LogP contribution in [0.25, 0.3) is 0 Å². The van der Waals surface area contributed by atoms with Crippen LogP contribution in [0.2, 0.25) is 0 Å². The molecule has 1 heterocycles. The van der Waals surface area contributed by atoms with Gasteiger partial charge in [0, 0.05) is 19.0 Å². The monoisotopic (exact) mass is 220 g/mol. The van der Waals surface area contributed by atoms with Crippen LogP contribution in [0.5, 0.6) is 5.75 Å². The molecule has 16 heavy (non-hydrogen) atoms. The first-order valence-corrected chi connectivity index (χ1v) is 5.77. The Morgan fingerprint density at radius 2 is 2.00 bits per heavy atom. The quantitative estimate of drug-likeness (QED) is 0.834. The summed E-state index contributed by atoms with van der Waals surface area (Å²) in [7, 11) is 3.85. The number of nitrogens with two attached hydrogens (primary N) is 1. The smallest absolute Gasteiger partial charge is 0.118 e. The molecule has 2 rings (SSSR count). The fraction of sp³-hybridized carbons (Fsp3) is 0.538. The van der Waals surface area contributed by atoms with Crippen molar-refractivity contribution in [3.63, 3.8) is 0 Å². The molecule has 3 nitrogen and oxygen atoms in total. The van der Waals surface area contributed by atoms with Gasteiger partial charge in [0.05, 0.1) is 7.11 Å². The molecule has 1 aromatic rings. The van der Waals surface area contributed by atoms with Gasteiger partial charge in [-0.2, -0.15) is 0 Å². The Morgan fingerprint density at radius 3 is 2.56 bits per heavy atom. The van der Waals surface area contributed by atoms with Gasteiger partial charge in [0.15, 0.2) is 0 Å². The Labute approximate surface area is 97.2 Å². The Kier molecular flexibility index (Phi) is 3.46. The number of likely N-dealkylation sites (N-methyl/N-ethyl adjacent to an activating group) is 1. The lowest BCUT2D eigenvalue weighted by atomic mass is 9.89. The summed E-state index contributed by atoms with van der Waals surface area (Å²) < 4.78 is 5.17. The lowest BCUT2D eigenvalue weighted by Crippen LogP contribution is -2.21. The van der Waals surface area contributed by atoms with Crippen LogP contribution in [0.1, 0.15) is 11.5 Å². The minimum Gasteiger partial charge on any atom is -0.497 e.